The minimum atomic E-state index is -1.02. The van der Waals surface area contributed by atoms with Crippen molar-refractivity contribution in [3.8, 4) is 0 Å². The number of urea groups is 1. The minimum absolute atomic E-state index is 0.0138. The molecule has 20 heavy (non-hydrogen) atoms. The van der Waals surface area contributed by atoms with E-state index in [4.69, 9.17) is 9.84 Å². The van der Waals surface area contributed by atoms with E-state index in [1.165, 1.54) is 0 Å². The van der Waals surface area contributed by atoms with E-state index in [0.29, 0.717) is 0 Å². The van der Waals surface area contributed by atoms with Crippen LogP contribution in [0.2, 0.25) is 0 Å². The Morgan fingerprint density at radius 3 is 2.90 bits per heavy atom. The van der Waals surface area contributed by atoms with E-state index in [0.717, 1.165) is 17.7 Å². The summed E-state index contributed by atoms with van der Waals surface area (Å²) in [4.78, 5) is 23.1. The number of carboxylic acid groups (broad SMARTS) is 1. The third-order valence-corrected chi connectivity index (χ3v) is 3.51. The molecule has 1 atom stereocenters. The number of carboxylic acids is 1. The fraction of sp³-hybridized carbons (Fsp3) is 0.538. The Labute approximate surface area is 122 Å². The second-order valence-electron chi connectivity index (χ2n) is 4.20. The molecule has 0 aromatic carbocycles. The monoisotopic (exact) mass is 300 g/mol. The first-order valence-electron chi connectivity index (χ1n) is 6.50. The Hall–Kier alpha value is -1.60. The van der Waals surface area contributed by atoms with Crippen LogP contribution in [0.15, 0.2) is 17.5 Å². The Morgan fingerprint density at radius 2 is 2.30 bits per heavy atom. The molecule has 0 saturated carbocycles. The molecular weight excluding hydrogens is 280 g/mol. The van der Waals surface area contributed by atoms with Crippen molar-refractivity contribution in [2.24, 2.45) is 0 Å². The molecule has 0 spiro atoms. The predicted molar refractivity (Wildman–Crippen MR) is 77.0 cm³/mol. The van der Waals surface area contributed by atoms with E-state index in [-0.39, 0.29) is 31.8 Å². The second kappa shape index (κ2) is 9.33. The van der Waals surface area contributed by atoms with Gasteiger partial charge in [-0.05, 0) is 17.9 Å². The van der Waals surface area contributed by atoms with E-state index < -0.39 is 5.97 Å². The van der Waals surface area contributed by atoms with Crippen LogP contribution in [0.25, 0.3) is 0 Å². The van der Waals surface area contributed by atoms with Gasteiger partial charge in [0.15, 0.2) is 0 Å². The molecule has 0 radical (unpaired) electrons. The third kappa shape index (κ3) is 6.53. The van der Waals surface area contributed by atoms with Crippen LogP contribution in [0.1, 0.15) is 30.7 Å². The summed E-state index contributed by atoms with van der Waals surface area (Å²) in [7, 11) is 0. The Kier molecular flexibility index (Phi) is 7.67. The van der Waals surface area contributed by atoms with Gasteiger partial charge in [0, 0.05) is 11.4 Å². The van der Waals surface area contributed by atoms with Crippen molar-refractivity contribution >= 4 is 23.3 Å². The summed E-state index contributed by atoms with van der Waals surface area (Å²) < 4.78 is 4.83. The standard InChI is InChI=1S/C13H20N2O4S/c1-2-4-10(11-5-3-8-20-11)15-13(18)14-6-7-19-9-12(16)17/h3,5,8,10H,2,4,6-7,9H2,1H3,(H,16,17)(H2,14,15,18). The number of ether oxygens (including phenoxy) is 1. The largest absolute Gasteiger partial charge is 0.480 e. The maximum Gasteiger partial charge on any atom is 0.329 e. The lowest BCUT2D eigenvalue weighted by atomic mass is 10.1. The van der Waals surface area contributed by atoms with Crippen molar-refractivity contribution in [1.82, 2.24) is 10.6 Å². The van der Waals surface area contributed by atoms with Crippen molar-refractivity contribution in [3.63, 3.8) is 0 Å². The maximum absolute atomic E-state index is 11.7. The van der Waals surface area contributed by atoms with Crippen LogP contribution < -0.4 is 10.6 Å². The van der Waals surface area contributed by atoms with Gasteiger partial charge in [-0.15, -0.1) is 11.3 Å². The minimum Gasteiger partial charge on any atom is -0.480 e. The molecule has 0 bridgehead atoms. The fourth-order valence-corrected chi connectivity index (χ4v) is 2.48. The van der Waals surface area contributed by atoms with E-state index in [1.54, 1.807) is 11.3 Å². The highest BCUT2D eigenvalue weighted by atomic mass is 32.1. The molecule has 6 nitrogen and oxygen atoms in total. The lowest BCUT2D eigenvalue weighted by Crippen LogP contribution is -2.39. The summed E-state index contributed by atoms with van der Waals surface area (Å²) in [6, 6.07) is 3.71. The third-order valence-electron chi connectivity index (χ3n) is 2.53. The molecular formula is C13H20N2O4S. The molecule has 1 unspecified atom stereocenters. The number of carbonyl (C=O) groups excluding carboxylic acids is 1. The van der Waals surface area contributed by atoms with Crippen LogP contribution in [0, 0.1) is 0 Å². The van der Waals surface area contributed by atoms with Gasteiger partial charge in [-0.25, -0.2) is 9.59 Å². The molecule has 7 heteroatoms. The number of aliphatic carboxylic acids is 1. The second-order valence-corrected chi connectivity index (χ2v) is 5.18. The highest BCUT2D eigenvalue weighted by Gasteiger charge is 2.14. The summed E-state index contributed by atoms with van der Waals surface area (Å²) >= 11 is 1.62. The lowest BCUT2D eigenvalue weighted by Gasteiger charge is -2.17. The van der Waals surface area contributed by atoms with Gasteiger partial charge in [0.2, 0.25) is 0 Å². The topological polar surface area (TPSA) is 87.7 Å². The molecule has 0 fully saturated rings. The smallest absolute Gasteiger partial charge is 0.329 e. The first-order valence-corrected chi connectivity index (χ1v) is 7.38. The molecule has 112 valence electrons. The van der Waals surface area contributed by atoms with Crippen LogP contribution in [-0.2, 0) is 9.53 Å². The van der Waals surface area contributed by atoms with Crippen LogP contribution in [0.3, 0.4) is 0 Å². The quantitative estimate of drug-likeness (QED) is 0.609. The van der Waals surface area contributed by atoms with Gasteiger partial charge in [0.25, 0.3) is 0 Å². The molecule has 1 rings (SSSR count). The lowest BCUT2D eigenvalue weighted by molar-refractivity contribution is -0.142. The Bertz CT molecular complexity index is 409. The number of hydrogen-bond acceptors (Lipinski definition) is 4. The summed E-state index contributed by atoms with van der Waals surface area (Å²) in [5, 5.41) is 15.9. The molecule has 3 N–H and O–H groups in total. The SMILES string of the molecule is CCCC(NC(=O)NCCOCC(=O)O)c1cccs1. The number of nitrogens with one attached hydrogen (secondary N) is 2. The van der Waals surface area contributed by atoms with E-state index in [9.17, 15) is 9.59 Å². The number of carbonyl (C=O) groups is 2. The van der Waals surface area contributed by atoms with E-state index in [1.807, 2.05) is 17.5 Å². The zero-order valence-electron chi connectivity index (χ0n) is 11.4. The van der Waals surface area contributed by atoms with E-state index in [2.05, 4.69) is 17.6 Å². The maximum atomic E-state index is 11.7. The fourth-order valence-electron chi connectivity index (χ4n) is 1.67. The van der Waals surface area contributed by atoms with Crippen LogP contribution in [0.5, 0.6) is 0 Å². The van der Waals surface area contributed by atoms with Gasteiger partial charge >= 0.3 is 12.0 Å². The Balaban J connectivity index is 2.26. The van der Waals surface area contributed by atoms with Crippen LogP contribution >= 0.6 is 11.3 Å². The average molecular weight is 300 g/mol. The molecule has 0 aliphatic heterocycles. The molecule has 0 saturated heterocycles. The van der Waals surface area contributed by atoms with Crippen molar-refractivity contribution in [3.05, 3.63) is 22.4 Å². The number of hydrogen-bond donors (Lipinski definition) is 3. The van der Waals surface area contributed by atoms with E-state index >= 15 is 0 Å². The highest BCUT2D eigenvalue weighted by Crippen LogP contribution is 2.22. The first-order chi connectivity index (χ1) is 9.63. The zero-order chi connectivity index (χ0) is 14.8. The average Bonchev–Trinajstić information content (AvgIpc) is 2.91. The number of amides is 2. The normalized spacial score (nSPS) is 11.8. The molecule has 1 heterocycles. The summed E-state index contributed by atoms with van der Waals surface area (Å²) in [5.74, 6) is -1.02. The van der Waals surface area contributed by atoms with Gasteiger partial charge in [0.05, 0.1) is 12.6 Å². The van der Waals surface area contributed by atoms with Gasteiger partial charge in [-0.2, -0.15) is 0 Å². The number of rotatable bonds is 9. The van der Waals surface area contributed by atoms with Gasteiger partial charge in [0.1, 0.15) is 6.61 Å². The molecule has 1 aromatic heterocycles. The van der Waals surface area contributed by atoms with Crippen LogP contribution in [-0.4, -0.2) is 36.9 Å². The van der Waals surface area contributed by atoms with Crippen molar-refractivity contribution in [2.75, 3.05) is 19.8 Å². The van der Waals surface area contributed by atoms with Gasteiger partial charge in [-0.1, -0.05) is 19.4 Å². The first kappa shape index (κ1) is 16.5. The number of thiophene rings is 1. The Morgan fingerprint density at radius 1 is 1.50 bits per heavy atom. The zero-order valence-corrected chi connectivity index (χ0v) is 12.2. The predicted octanol–water partition coefficient (Wildman–Crippen LogP) is 1.99. The summed E-state index contributed by atoms with van der Waals surface area (Å²) in [6.07, 6.45) is 1.86. The van der Waals surface area contributed by atoms with Gasteiger partial charge < -0.3 is 20.5 Å². The van der Waals surface area contributed by atoms with Gasteiger partial charge in [-0.3, -0.25) is 0 Å². The molecule has 0 aliphatic carbocycles. The summed E-state index contributed by atoms with van der Waals surface area (Å²) in [6.45, 7) is 2.18. The van der Waals surface area contributed by atoms with Crippen LogP contribution in [0.4, 0.5) is 4.79 Å². The molecule has 0 aliphatic rings. The summed E-state index contributed by atoms with van der Waals surface area (Å²) in [5.41, 5.74) is 0. The molecule has 1 aromatic rings. The molecule has 2 amide bonds. The van der Waals surface area contributed by atoms with Crippen molar-refractivity contribution in [1.29, 1.82) is 0 Å². The highest BCUT2D eigenvalue weighted by molar-refractivity contribution is 7.10. The van der Waals surface area contributed by atoms with Crippen molar-refractivity contribution in [2.45, 2.75) is 25.8 Å². The van der Waals surface area contributed by atoms with Crippen molar-refractivity contribution < 1.29 is 19.4 Å².